The molecule has 174 valence electrons. The molecule has 7 heteroatoms. The van der Waals surface area contributed by atoms with E-state index in [9.17, 15) is 22.9 Å². The van der Waals surface area contributed by atoms with Crippen LogP contribution in [0.3, 0.4) is 0 Å². The minimum atomic E-state index is -4.19. The average molecular weight is 436 g/mol. The van der Waals surface area contributed by atoms with Crippen LogP contribution in [0.5, 0.6) is 0 Å². The number of carboxylic acids is 1. The number of aliphatic carboxylic acids is 1. The summed E-state index contributed by atoms with van der Waals surface area (Å²) in [5.74, 6) is -2.06. The summed E-state index contributed by atoms with van der Waals surface area (Å²) in [6, 6.07) is -0.877. The van der Waals surface area contributed by atoms with Crippen molar-refractivity contribution in [1.29, 1.82) is 0 Å². The number of hydrogen-bond donors (Lipinski definition) is 1. The van der Waals surface area contributed by atoms with E-state index >= 15 is 0 Å². The Morgan fingerprint density at radius 3 is 1.69 bits per heavy atom. The highest BCUT2D eigenvalue weighted by Crippen LogP contribution is 2.39. The molecule has 0 saturated carbocycles. The summed E-state index contributed by atoms with van der Waals surface area (Å²) in [6.45, 7) is 5.78. The van der Waals surface area contributed by atoms with Crippen molar-refractivity contribution in [2.75, 3.05) is 26.9 Å². The van der Waals surface area contributed by atoms with Crippen molar-refractivity contribution in [1.82, 2.24) is 0 Å². The van der Waals surface area contributed by atoms with Gasteiger partial charge in [0.05, 0.1) is 32.9 Å². The van der Waals surface area contributed by atoms with E-state index in [4.69, 9.17) is 0 Å². The van der Waals surface area contributed by atoms with Gasteiger partial charge in [-0.3, -0.25) is 4.55 Å². The fraction of sp³-hybridized carbons (Fsp3) is 0.955. The van der Waals surface area contributed by atoms with Crippen LogP contribution < -0.4 is 5.11 Å². The molecule has 6 nitrogen and oxygen atoms in total. The van der Waals surface area contributed by atoms with Gasteiger partial charge in [0.25, 0.3) is 10.1 Å². The third kappa shape index (κ3) is 11.9. The van der Waals surface area contributed by atoms with Gasteiger partial charge in [0, 0.05) is 5.41 Å². The van der Waals surface area contributed by atoms with E-state index in [0.717, 1.165) is 19.3 Å². The number of carbonyl (C=O) groups excluding carboxylic acids is 1. The summed E-state index contributed by atoms with van der Waals surface area (Å²) in [5.41, 5.74) is -0.841. The molecule has 0 aliphatic rings. The molecule has 0 radical (unpaired) electrons. The molecule has 2 atom stereocenters. The van der Waals surface area contributed by atoms with E-state index in [0.29, 0.717) is 6.42 Å². The minimum absolute atomic E-state index is 0.134. The molecule has 0 rings (SSSR count). The van der Waals surface area contributed by atoms with Crippen molar-refractivity contribution in [3.8, 4) is 0 Å². The number of likely N-dealkylation sites (N-methyl/N-ethyl adjacent to an activating group) is 1. The number of carboxylic acid groups (broad SMARTS) is 1. The second-order valence-electron chi connectivity index (χ2n) is 10.1. The van der Waals surface area contributed by atoms with E-state index in [1.54, 1.807) is 35.0 Å². The lowest BCUT2D eigenvalue weighted by atomic mass is 9.70. The zero-order valence-electron chi connectivity index (χ0n) is 19.6. The highest BCUT2D eigenvalue weighted by molar-refractivity contribution is 7.85. The predicted octanol–water partition coefficient (Wildman–Crippen LogP) is 3.65. The van der Waals surface area contributed by atoms with Gasteiger partial charge in [0.1, 0.15) is 6.04 Å². The molecule has 0 heterocycles. The van der Waals surface area contributed by atoms with E-state index in [1.165, 1.54) is 44.9 Å². The lowest BCUT2D eigenvalue weighted by Gasteiger charge is -2.47. The molecular formula is C22H45NO5S. The number of carbonyl (C=O) groups is 1. The highest BCUT2D eigenvalue weighted by Gasteiger charge is 2.46. The zero-order chi connectivity index (χ0) is 22.7. The maximum Gasteiger partial charge on any atom is 0.265 e. The fourth-order valence-electron chi connectivity index (χ4n) is 4.64. The Bertz CT molecular complexity index is 566. The van der Waals surface area contributed by atoms with Crippen molar-refractivity contribution >= 4 is 16.1 Å². The van der Waals surface area contributed by atoms with Crippen LogP contribution in [0, 0.1) is 11.3 Å². The highest BCUT2D eigenvalue weighted by atomic mass is 32.2. The Labute approximate surface area is 179 Å². The van der Waals surface area contributed by atoms with Crippen LogP contribution in [-0.2, 0) is 14.9 Å². The van der Waals surface area contributed by atoms with Gasteiger partial charge in [0.15, 0.2) is 0 Å². The number of quaternary nitrogens is 1. The maximum atomic E-state index is 11.9. The van der Waals surface area contributed by atoms with E-state index in [-0.39, 0.29) is 4.48 Å². The molecule has 0 fully saturated rings. The summed E-state index contributed by atoms with van der Waals surface area (Å²) < 4.78 is 32.8. The van der Waals surface area contributed by atoms with Crippen molar-refractivity contribution < 1.29 is 27.4 Å². The summed E-state index contributed by atoms with van der Waals surface area (Å²) >= 11 is 0. The number of nitrogens with zero attached hydrogens (tertiary/aromatic N) is 1. The fourth-order valence-corrected chi connectivity index (χ4v) is 5.75. The molecule has 0 aromatic heterocycles. The molecule has 29 heavy (non-hydrogen) atoms. The van der Waals surface area contributed by atoms with Gasteiger partial charge in [0.2, 0.25) is 0 Å². The maximum absolute atomic E-state index is 11.9. The Kier molecular flexibility index (Phi) is 12.6. The van der Waals surface area contributed by atoms with Gasteiger partial charge in [-0.05, 0) is 12.3 Å². The number of rotatable bonds is 17. The lowest BCUT2D eigenvalue weighted by Crippen LogP contribution is -2.63. The zero-order valence-corrected chi connectivity index (χ0v) is 20.4. The van der Waals surface area contributed by atoms with Crippen LogP contribution in [0.1, 0.15) is 91.4 Å². The molecule has 0 aliphatic heterocycles. The van der Waals surface area contributed by atoms with Crippen LogP contribution in [0.4, 0.5) is 0 Å². The molecule has 0 saturated heterocycles. The average Bonchev–Trinajstić information content (AvgIpc) is 2.52. The van der Waals surface area contributed by atoms with Gasteiger partial charge >= 0.3 is 0 Å². The molecule has 0 amide bonds. The number of hydrogen-bond acceptors (Lipinski definition) is 4. The van der Waals surface area contributed by atoms with Gasteiger partial charge in [-0.2, -0.15) is 8.42 Å². The Hall–Kier alpha value is -0.660. The molecule has 0 spiro atoms. The van der Waals surface area contributed by atoms with Crippen LogP contribution in [0.15, 0.2) is 0 Å². The minimum Gasteiger partial charge on any atom is -0.544 e. The summed E-state index contributed by atoms with van der Waals surface area (Å²) in [4.78, 5) is 11.9. The van der Waals surface area contributed by atoms with Crippen LogP contribution in [0.2, 0.25) is 0 Å². The summed E-state index contributed by atoms with van der Waals surface area (Å²) in [6.07, 6.45) is 12.4. The molecule has 2 unspecified atom stereocenters. The van der Waals surface area contributed by atoms with E-state index in [1.807, 2.05) is 0 Å². The first-order chi connectivity index (χ1) is 13.2. The van der Waals surface area contributed by atoms with Crippen LogP contribution in [-0.4, -0.2) is 56.4 Å². The second-order valence-corrected chi connectivity index (χ2v) is 11.6. The smallest absolute Gasteiger partial charge is 0.265 e. The summed E-state index contributed by atoms with van der Waals surface area (Å²) in [5, 5.41) is 11.9. The summed E-state index contributed by atoms with van der Waals surface area (Å²) in [7, 11) is 1.12. The SMILES string of the molecule is CCCCCCCCCCCCC(CS(=O)(=O)O)C(C)(C)C(C(=O)[O-])[N+](C)(C)C. The van der Waals surface area contributed by atoms with Gasteiger partial charge in [-0.15, -0.1) is 0 Å². The van der Waals surface area contributed by atoms with Crippen molar-refractivity contribution in [3.05, 3.63) is 0 Å². The molecule has 0 aromatic rings. The lowest BCUT2D eigenvalue weighted by molar-refractivity contribution is -0.897. The Morgan fingerprint density at radius 1 is 0.931 bits per heavy atom. The largest absolute Gasteiger partial charge is 0.544 e. The van der Waals surface area contributed by atoms with Crippen LogP contribution >= 0.6 is 0 Å². The number of unbranched alkanes of at least 4 members (excludes halogenated alkanes) is 9. The van der Waals surface area contributed by atoms with Gasteiger partial charge in [-0.25, -0.2) is 0 Å². The first kappa shape index (κ1) is 28.3. The van der Waals surface area contributed by atoms with E-state index < -0.39 is 39.2 Å². The monoisotopic (exact) mass is 435 g/mol. The molecular weight excluding hydrogens is 390 g/mol. The first-order valence-corrected chi connectivity index (χ1v) is 12.8. The standard InChI is InChI=1S/C22H45NO5S/c1-7-8-9-10-11-12-13-14-15-16-17-19(18-29(26,27)28)22(2,3)20(21(24)25)23(4,5)6/h19-20H,7-18H2,1-6H3,(H-,24,25,26,27,28). The van der Waals surface area contributed by atoms with Crippen LogP contribution in [0.25, 0.3) is 0 Å². The van der Waals surface area contributed by atoms with Crippen molar-refractivity contribution in [2.24, 2.45) is 11.3 Å². The molecule has 0 bridgehead atoms. The molecule has 1 N–H and O–H groups in total. The topological polar surface area (TPSA) is 94.5 Å². The third-order valence-corrected chi connectivity index (χ3v) is 6.90. The third-order valence-electron chi connectivity index (χ3n) is 6.07. The Balaban J connectivity index is 4.77. The molecule has 0 aliphatic carbocycles. The van der Waals surface area contributed by atoms with Gasteiger partial charge < -0.3 is 14.4 Å². The normalized spacial score (nSPS) is 15.3. The molecule has 0 aromatic carbocycles. The predicted molar refractivity (Wildman–Crippen MR) is 117 cm³/mol. The quantitative estimate of drug-likeness (QED) is 0.214. The van der Waals surface area contributed by atoms with Crippen molar-refractivity contribution in [3.63, 3.8) is 0 Å². The second kappa shape index (κ2) is 12.9. The van der Waals surface area contributed by atoms with E-state index in [2.05, 4.69) is 6.92 Å². The van der Waals surface area contributed by atoms with Gasteiger partial charge in [-0.1, -0.05) is 85.0 Å². The van der Waals surface area contributed by atoms with Crippen molar-refractivity contribution in [2.45, 2.75) is 97.4 Å². The Morgan fingerprint density at radius 2 is 1.34 bits per heavy atom. The first-order valence-electron chi connectivity index (χ1n) is 11.2.